The number of amides is 2. The molecule has 0 bridgehead atoms. The van der Waals surface area contributed by atoms with Crippen molar-refractivity contribution in [2.24, 2.45) is 7.05 Å². The number of urea groups is 1. The zero-order chi connectivity index (χ0) is 19.7. The lowest BCUT2D eigenvalue weighted by Gasteiger charge is -2.23. The van der Waals surface area contributed by atoms with Gasteiger partial charge in [-0.25, -0.2) is 4.79 Å². The molecule has 1 aromatic carbocycles. The summed E-state index contributed by atoms with van der Waals surface area (Å²) in [5.74, 6) is 0.909. The van der Waals surface area contributed by atoms with Crippen LogP contribution < -0.4 is 5.32 Å². The Labute approximate surface area is 163 Å². The lowest BCUT2D eigenvalue weighted by Crippen LogP contribution is -2.42. The number of carbonyl (C=O) groups is 1. The van der Waals surface area contributed by atoms with Crippen LogP contribution in [0.4, 0.5) is 4.79 Å². The predicted octanol–water partition coefficient (Wildman–Crippen LogP) is 3.21. The molecule has 1 aliphatic carbocycles. The first kappa shape index (κ1) is 18.2. The molecular formula is C20H24N6O2. The third-order valence-electron chi connectivity index (χ3n) is 4.82. The molecule has 0 spiro atoms. The number of nitrogens with one attached hydrogen (secondary N) is 1. The Morgan fingerprint density at radius 2 is 2.11 bits per heavy atom. The number of rotatable bonds is 6. The lowest BCUT2D eigenvalue weighted by molar-refractivity contribution is 0.186. The van der Waals surface area contributed by atoms with Crippen molar-refractivity contribution in [1.82, 2.24) is 30.1 Å². The first-order valence-electron chi connectivity index (χ1n) is 9.45. The van der Waals surface area contributed by atoms with E-state index in [4.69, 9.17) is 4.52 Å². The van der Waals surface area contributed by atoms with Crippen LogP contribution in [-0.4, -0.2) is 36.9 Å². The van der Waals surface area contributed by atoms with Gasteiger partial charge < -0.3 is 14.7 Å². The number of hydrogen-bond acceptors (Lipinski definition) is 5. The van der Waals surface area contributed by atoms with Gasteiger partial charge in [0.05, 0.1) is 12.7 Å². The van der Waals surface area contributed by atoms with E-state index in [1.54, 1.807) is 10.9 Å². The minimum absolute atomic E-state index is 0.131. The summed E-state index contributed by atoms with van der Waals surface area (Å²) >= 11 is 0. The number of aromatic nitrogens is 4. The Hall–Kier alpha value is -3.16. The van der Waals surface area contributed by atoms with Crippen LogP contribution in [0.5, 0.6) is 0 Å². The molecule has 1 atom stereocenters. The molecule has 8 heteroatoms. The lowest BCUT2D eigenvalue weighted by atomic mass is 10.1. The molecule has 28 heavy (non-hydrogen) atoms. The Bertz CT molecular complexity index is 957. The Kier molecular flexibility index (Phi) is 4.85. The maximum Gasteiger partial charge on any atom is 0.318 e. The normalized spacial score (nSPS) is 14.7. The second kappa shape index (κ2) is 7.46. The smallest absolute Gasteiger partial charge is 0.318 e. The summed E-state index contributed by atoms with van der Waals surface area (Å²) in [6.45, 7) is 4.41. The molecule has 2 amide bonds. The van der Waals surface area contributed by atoms with E-state index in [2.05, 4.69) is 20.6 Å². The zero-order valence-corrected chi connectivity index (χ0v) is 16.3. The van der Waals surface area contributed by atoms with E-state index in [0.29, 0.717) is 18.3 Å². The van der Waals surface area contributed by atoms with Crippen molar-refractivity contribution in [2.45, 2.75) is 45.3 Å². The van der Waals surface area contributed by atoms with Gasteiger partial charge in [-0.15, -0.1) is 0 Å². The number of benzene rings is 1. The third kappa shape index (κ3) is 4.05. The fourth-order valence-electron chi connectivity index (χ4n) is 3.06. The standard InChI is InChI=1S/C20H24N6O2/c1-13-4-6-16(7-5-13)18-23-19(28-24-18)14(2)22-20(27)26(17-8-9-17)12-15-10-21-25(3)11-15/h4-7,10-11,14,17H,8-9,12H2,1-3H3,(H,22,27)/t14-/m1/s1. The minimum Gasteiger partial charge on any atom is -0.337 e. The van der Waals surface area contributed by atoms with E-state index in [0.717, 1.165) is 24.0 Å². The summed E-state index contributed by atoms with van der Waals surface area (Å²) < 4.78 is 7.12. The zero-order valence-electron chi connectivity index (χ0n) is 16.3. The van der Waals surface area contributed by atoms with Crippen LogP contribution in [0.25, 0.3) is 11.4 Å². The summed E-state index contributed by atoms with van der Waals surface area (Å²) in [4.78, 5) is 19.1. The number of aryl methyl sites for hydroxylation is 2. The highest BCUT2D eigenvalue weighted by molar-refractivity contribution is 5.75. The van der Waals surface area contributed by atoms with Gasteiger partial charge in [0, 0.05) is 30.4 Å². The van der Waals surface area contributed by atoms with Crippen molar-refractivity contribution < 1.29 is 9.32 Å². The molecule has 2 aromatic heterocycles. The van der Waals surface area contributed by atoms with Crippen molar-refractivity contribution in [1.29, 1.82) is 0 Å². The molecule has 0 saturated heterocycles. The molecule has 1 N–H and O–H groups in total. The third-order valence-corrected chi connectivity index (χ3v) is 4.82. The van der Waals surface area contributed by atoms with E-state index < -0.39 is 0 Å². The highest BCUT2D eigenvalue weighted by atomic mass is 16.5. The molecule has 1 fully saturated rings. The highest BCUT2D eigenvalue weighted by Crippen LogP contribution is 2.29. The maximum atomic E-state index is 12.8. The van der Waals surface area contributed by atoms with Gasteiger partial charge in [-0.1, -0.05) is 35.0 Å². The van der Waals surface area contributed by atoms with Crippen LogP contribution in [0.1, 0.15) is 42.8 Å². The van der Waals surface area contributed by atoms with Gasteiger partial charge in [0.2, 0.25) is 11.7 Å². The van der Waals surface area contributed by atoms with Gasteiger partial charge in [0.15, 0.2) is 0 Å². The topological polar surface area (TPSA) is 89.1 Å². The molecule has 1 aliphatic rings. The van der Waals surface area contributed by atoms with Crippen LogP contribution in [0.2, 0.25) is 0 Å². The largest absolute Gasteiger partial charge is 0.337 e. The van der Waals surface area contributed by atoms with Crippen LogP contribution >= 0.6 is 0 Å². The van der Waals surface area contributed by atoms with E-state index in [-0.39, 0.29) is 18.1 Å². The van der Waals surface area contributed by atoms with E-state index in [1.807, 2.05) is 56.3 Å². The first-order valence-corrected chi connectivity index (χ1v) is 9.45. The molecule has 3 aromatic rings. The SMILES string of the molecule is Cc1ccc(-c2noc([C@@H](C)NC(=O)N(Cc3cnn(C)c3)C3CC3)n2)cc1. The molecule has 0 radical (unpaired) electrons. The molecule has 146 valence electrons. The minimum atomic E-state index is -0.380. The highest BCUT2D eigenvalue weighted by Gasteiger charge is 2.34. The molecule has 0 aliphatic heterocycles. The summed E-state index contributed by atoms with van der Waals surface area (Å²) in [6.07, 6.45) is 5.77. The van der Waals surface area contributed by atoms with Gasteiger partial charge in [-0.05, 0) is 26.7 Å². The number of carbonyl (C=O) groups excluding carboxylic acids is 1. The Morgan fingerprint density at radius 3 is 2.75 bits per heavy atom. The van der Waals surface area contributed by atoms with Gasteiger partial charge in [-0.2, -0.15) is 10.1 Å². The van der Waals surface area contributed by atoms with Crippen molar-refractivity contribution in [3.8, 4) is 11.4 Å². The number of nitrogens with zero attached hydrogens (tertiary/aromatic N) is 5. The molecule has 2 heterocycles. The fourth-order valence-corrected chi connectivity index (χ4v) is 3.06. The van der Waals surface area contributed by atoms with Gasteiger partial charge >= 0.3 is 6.03 Å². The van der Waals surface area contributed by atoms with Crippen LogP contribution in [0, 0.1) is 6.92 Å². The molecular weight excluding hydrogens is 356 g/mol. The Morgan fingerprint density at radius 1 is 1.36 bits per heavy atom. The van der Waals surface area contributed by atoms with Crippen LogP contribution in [0.15, 0.2) is 41.2 Å². The predicted molar refractivity (Wildman–Crippen MR) is 103 cm³/mol. The van der Waals surface area contributed by atoms with Crippen molar-refractivity contribution in [3.63, 3.8) is 0 Å². The average molecular weight is 380 g/mol. The second-order valence-electron chi connectivity index (χ2n) is 7.37. The summed E-state index contributed by atoms with van der Waals surface area (Å²) in [6, 6.07) is 7.68. The van der Waals surface area contributed by atoms with Crippen LogP contribution in [-0.2, 0) is 13.6 Å². The average Bonchev–Trinajstić information content (AvgIpc) is 3.23. The van der Waals surface area contributed by atoms with Crippen molar-refractivity contribution in [3.05, 3.63) is 53.7 Å². The Balaban J connectivity index is 1.42. The fraction of sp³-hybridized carbons (Fsp3) is 0.400. The summed E-state index contributed by atoms with van der Waals surface area (Å²) in [5.41, 5.74) is 3.06. The molecule has 1 saturated carbocycles. The summed E-state index contributed by atoms with van der Waals surface area (Å²) in [7, 11) is 1.87. The van der Waals surface area contributed by atoms with Gasteiger partial charge in [0.1, 0.15) is 6.04 Å². The first-order chi connectivity index (χ1) is 13.5. The number of hydrogen-bond donors (Lipinski definition) is 1. The van der Waals surface area contributed by atoms with Gasteiger partial charge in [-0.3, -0.25) is 4.68 Å². The van der Waals surface area contributed by atoms with E-state index in [9.17, 15) is 4.79 Å². The molecule has 0 unspecified atom stereocenters. The molecule has 4 rings (SSSR count). The second-order valence-corrected chi connectivity index (χ2v) is 7.37. The van der Waals surface area contributed by atoms with Gasteiger partial charge in [0.25, 0.3) is 0 Å². The van der Waals surface area contributed by atoms with Crippen molar-refractivity contribution >= 4 is 6.03 Å². The monoisotopic (exact) mass is 380 g/mol. The van der Waals surface area contributed by atoms with E-state index in [1.165, 1.54) is 5.56 Å². The quantitative estimate of drug-likeness (QED) is 0.709. The van der Waals surface area contributed by atoms with E-state index >= 15 is 0 Å². The summed E-state index contributed by atoms with van der Waals surface area (Å²) in [5, 5.41) is 11.2. The molecule has 8 nitrogen and oxygen atoms in total. The van der Waals surface area contributed by atoms with Crippen LogP contribution in [0.3, 0.4) is 0 Å². The van der Waals surface area contributed by atoms with Crippen molar-refractivity contribution in [2.75, 3.05) is 0 Å². The maximum absolute atomic E-state index is 12.8.